The lowest BCUT2D eigenvalue weighted by Crippen LogP contribution is -2.46. The highest BCUT2D eigenvalue weighted by atomic mass is 16.2. The number of aryl methyl sites for hydroxylation is 2. The molecule has 0 aliphatic carbocycles. The second-order valence-corrected chi connectivity index (χ2v) is 5.40. The molecule has 1 unspecified atom stereocenters. The number of carbonyl (C=O) groups is 1. The van der Waals surface area contributed by atoms with Gasteiger partial charge in [-0.25, -0.2) is 4.98 Å². The summed E-state index contributed by atoms with van der Waals surface area (Å²) in [5.74, 6) is 0.882. The van der Waals surface area contributed by atoms with Crippen LogP contribution in [0.25, 0.3) is 0 Å². The molecule has 1 amide bonds. The summed E-state index contributed by atoms with van der Waals surface area (Å²) in [6.45, 7) is 5.98. The second-order valence-electron chi connectivity index (χ2n) is 5.40. The summed E-state index contributed by atoms with van der Waals surface area (Å²) < 4.78 is 2.09. The summed E-state index contributed by atoms with van der Waals surface area (Å²) in [5, 5.41) is 11.9. The highest BCUT2D eigenvalue weighted by Crippen LogP contribution is 2.18. The van der Waals surface area contributed by atoms with Gasteiger partial charge in [0.15, 0.2) is 0 Å². The molecule has 0 spiro atoms. The van der Waals surface area contributed by atoms with Crippen LogP contribution in [0.5, 0.6) is 0 Å². The molecule has 2 rings (SSSR count). The number of carbonyl (C=O) groups excluding carboxylic acids is 1. The molecule has 1 aliphatic rings. The topological polar surface area (TPSA) is 70.7 Å². The van der Waals surface area contributed by atoms with E-state index in [1.807, 2.05) is 19.2 Å². The number of nitrogens with zero attached hydrogens (tertiary/aromatic N) is 3. The third-order valence-electron chi connectivity index (χ3n) is 3.30. The maximum Gasteiger partial charge on any atom is 0.240 e. The molecular weight excluding hydrogens is 228 g/mol. The first kappa shape index (κ1) is 12.6. The molecule has 0 bridgehead atoms. The van der Waals surface area contributed by atoms with E-state index in [-0.39, 0.29) is 11.9 Å². The van der Waals surface area contributed by atoms with Crippen molar-refractivity contribution in [3.8, 4) is 6.07 Å². The maximum absolute atomic E-state index is 11.9. The monoisotopic (exact) mass is 246 g/mol. The van der Waals surface area contributed by atoms with Crippen molar-refractivity contribution in [1.29, 1.82) is 5.26 Å². The van der Waals surface area contributed by atoms with Gasteiger partial charge < -0.3 is 9.88 Å². The predicted molar refractivity (Wildman–Crippen MR) is 66.6 cm³/mol. The van der Waals surface area contributed by atoms with Crippen LogP contribution in [0.1, 0.15) is 31.8 Å². The van der Waals surface area contributed by atoms with Gasteiger partial charge in [0, 0.05) is 25.2 Å². The SMILES string of the molecule is Cc1cn2c(n1)CCC(NC(=O)C(C)(C)C#N)C2. The van der Waals surface area contributed by atoms with Crippen LogP contribution < -0.4 is 5.32 Å². The number of amides is 1. The van der Waals surface area contributed by atoms with Crippen LogP contribution in [-0.4, -0.2) is 21.5 Å². The molecule has 1 aromatic heterocycles. The molecule has 0 radical (unpaired) electrons. The predicted octanol–water partition coefficient (Wildman–Crippen LogP) is 1.17. The minimum atomic E-state index is -0.967. The van der Waals surface area contributed by atoms with Crippen molar-refractivity contribution in [2.75, 3.05) is 0 Å². The molecule has 0 saturated heterocycles. The number of imidazole rings is 1. The lowest BCUT2D eigenvalue weighted by Gasteiger charge is -2.27. The van der Waals surface area contributed by atoms with E-state index in [0.717, 1.165) is 30.9 Å². The summed E-state index contributed by atoms with van der Waals surface area (Å²) in [6, 6.07) is 2.11. The van der Waals surface area contributed by atoms with Gasteiger partial charge in [-0.2, -0.15) is 5.26 Å². The zero-order valence-electron chi connectivity index (χ0n) is 11.0. The van der Waals surface area contributed by atoms with Crippen molar-refractivity contribution in [1.82, 2.24) is 14.9 Å². The normalized spacial score (nSPS) is 18.9. The van der Waals surface area contributed by atoms with Crippen LogP contribution in [-0.2, 0) is 17.8 Å². The molecular formula is C13H18N4O. The van der Waals surface area contributed by atoms with Gasteiger partial charge in [0.2, 0.25) is 5.91 Å². The van der Waals surface area contributed by atoms with Crippen LogP contribution in [0.4, 0.5) is 0 Å². The summed E-state index contributed by atoms with van der Waals surface area (Å²) in [7, 11) is 0. The maximum atomic E-state index is 11.9. The highest BCUT2D eigenvalue weighted by molar-refractivity contribution is 5.84. The fraction of sp³-hybridized carbons (Fsp3) is 0.615. The molecule has 18 heavy (non-hydrogen) atoms. The zero-order chi connectivity index (χ0) is 13.3. The average Bonchev–Trinajstić information content (AvgIpc) is 2.68. The molecule has 1 N–H and O–H groups in total. The summed E-state index contributed by atoms with van der Waals surface area (Å²) in [5.41, 5.74) is 0.0415. The third kappa shape index (κ3) is 2.37. The Hall–Kier alpha value is -1.83. The smallest absolute Gasteiger partial charge is 0.240 e. The van der Waals surface area contributed by atoms with Crippen molar-refractivity contribution in [2.45, 2.75) is 46.2 Å². The van der Waals surface area contributed by atoms with Gasteiger partial charge in [-0.3, -0.25) is 4.79 Å². The van der Waals surface area contributed by atoms with Gasteiger partial charge in [0.25, 0.3) is 0 Å². The van der Waals surface area contributed by atoms with Gasteiger partial charge in [-0.15, -0.1) is 0 Å². The number of nitriles is 1. The Morgan fingerprint density at radius 2 is 2.39 bits per heavy atom. The molecule has 1 aromatic rings. The van der Waals surface area contributed by atoms with Gasteiger partial charge in [0.05, 0.1) is 11.8 Å². The van der Waals surface area contributed by atoms with Gasteiger partial charge in [0.1, 0.15) is 11.2 Å². The number of nitrogens with one attached hydrogen (secondary N) is 1. The van der Waals surface area contributed by atoms with Crippen molar-refractivity contribution >= 4 is 5.91 Å². The first-order valence-electron chi connectivity index (χ1n) is 6.17. The molecule has 2 heterocycles. The standard InChI is InChI=1S/C13H18N4O/c1-9-6-17-7-10(4-5-11(17)15-9)16-12(18)13(2,3)8-14/h6,10H,4-5,7H2,1-3H3,(H,16,18). The Balaban J connectivity index is 2.02. The Morgan fingerprint density at radius 1 is 1.67 bits per heavy atom. The number of hydrogen-bond donors (Lipinski definition) is 1. The van der Waals surface area contributed by atoms with E-state index < -0.39 is 5.41 Å². The number of fused-ring (bicyclic) bond motifs is 1. The fourth-order valence-electron chi connectivity index (χ4n) is 2.12. The second kappa shape index (κ2) is 4.45. The molecule has 5 heteroatoms. The molecule has 1 aliphatic heterocycles. The number of rotatable bonds is 2. The van der Waals surface area contributed by atoms with Crippen molar-refractivity contribution < 1.29 is 4.79 Å². The summed E-state index contributed by atoms with van der Waals surface area (Å²) >= 11 is 0. The van der Waals surface area contributed by atoms with E-state index in [1.165, 1.54) is 0 Å². The Kier molecular flexibility index (Phi) is 3.12. The van der Waals surface area contributed by atoms with Crippen LogP contribution >= 0.6 is 0 Å². The average molecular weight is 246 g/mol. The molecule has 5 nitrogen and oxygen atoms in total. The molecule has 0 fully saturated rings. The first-order valence-corrected chi connectivity index (χ1v) is 6.17. The number of aromatic nitrogens is 2. The van der Waals surface area contributed by atoms with Crippen LogP contribution in [0, 0.1) is 23.7 Å². The molecule has 96 valence electrons. The minimum Gasteiger partial charge on any atom is -0.350 e. The zero-order valence-corrected chi connectivity index (χ0v) is 11.0. The van der Waals surface area contributed by atoms with Crippen molar-refractivity contribution in [3.63, 3.8) is 0 Å². The van der Waals surface area contributed by atoms with Crippen molar-refractivity contribution in [2.24, 2.45) is 5.41 Å². The Labute approximate surface area is 107 Å². The van der Waals surface area contributed by atoms with Crippen LogP contribution in [0.3, 0.4) is 0 Å². The van der Waals surface area contributed by atoms with Gasteiger partial charge in [-0.05, 0) is 27.2 Å². The van der Waals surface area contributed by atoms with Crippen LogP contribution in [0.2, 0.25) is 0 Å². The van der Waals surface area contributed by atoms with E-state index in [4.69, 9.17) is 5.26 Å². The van der Waals surface area contributed by atoms with Gasteiger partial charge in [-0.1, -0.05) is 0 Å². The lowest BCUT2D eigenvalue weighted by atomic mass is 9.93. The van der Waals surface area contributed by atoms with Crippen molar-refractivity contribution in [3.05, 3.63) is 17.7 Å². The minimum absolute atomic E-state index is 0.0891. The third-order valence-corrected chi connectivity index (χ3v) is 3.30. The fourth-order valence-corrected chi connectivity index (χ4v) is 2.12. The van der Waals surface area contributed by atoms with Gasteiger partial charge >= 0.3 is 0 Å². The number of hydrogen-bond acceptors (Lipinski definition) is 3. The molecule has 0 aromatic carbocycles. The molecule has 0 saturated carbocycles. The van der Waals surface area contributed by atoms with E-state index in [1.54, 1.807) is 13.8 Å². The Morgan fingerprint density at radius 3 is 3.06 bits per heavy atom. The first-order chi connectivity index (χ1) is 8.42. The van der Waals surface area contributed by atoms with E-state index >= 15 is 0 Å². The quantitative estimate of drug-likeness (QED) is 0.851. The summed E-state index contributed by atoms with van der Waals surface area (Å²) in [6.07, 6.45) is 3.75. The lowest BCUT2D eigenvalue weighted by molar-refractivity contribution is -0.127. The largest absolute Gasteiger partial charge is 0.350 e. The van der Waals surface area contributed by atoms with Crippen LogP contribution in [0.15, 0.2) is 6.20 Å². The van der Waals surface area contributed by atoms with E-state index in [9.17, 15) is 4.79 Å². The Bertz CT molecular complexity index is 510. The highest BCUT2D eigenvalue weighted by Gasteiger charge is 2.30. The summed E-state index contributed by atoms with van der Waals surface area (Å²) in [4.78, 5) is 16.4. The molecule has 1 atom stereocenters. The van der Waals surface area contributed by atoms with E-state index in [2.05, 4.69) is 14.9 Å². The van der Waals surface area contributed by atoms with E-state index in [0.29, 0.717) is 0 Å².